The van der Waals surface area contributed by atoms with E-state index in [0.29, 0.717) is 32.6 Å². The molecule has 4 nitrogen and oxygen atoms in total. The van der Waals surface area contributed by atoms with Crippen molar-refractivity contribution in [2.75, 3.05) is 5.32 Å². The van der Waals surface area contributed by atoms with Crippen molar-refractivity contribution in [3.8, 4) is 11.8 Å². The Bertz CT molecular complexity index is 1210. The molecule has 0 aliphatic rings. The lowest BCUT2D eigenvalue weighted by Crippen LogP contribution is -2.14. The Kier molecular flexibility index (Phi) is 8.30. The molecule has 0 bridgehead atoms. The summed E-state index contributed by atoms with van der Waals surface area (Å²) in [7, 11) is 0. The summed E-state index contributed by atoms with van der Waals surface area (Å²) in [6.07, 6.45) is 1.55. The quantitative estimate of drug-likeness (QED) is 0.227. The van der Waals surface area contributed by atoms with Crippen molar-refractivity contribution in [1.82, 2.24) is 0 Å². The maximum absolute atomic E-state index is 12.7. The molecule has 0 aliphatic heterocycles. The van der Waals surface area contributed by atoms with E-state index in [-0.39, 0.29) is 5.57 Å². The molecule has 0 heterocycles. The van der Waals surface area contributed by atoms with Crippen LogP contribution in [-0.2, 0) is 11.4 Å². The van der Waals surface area contributed by atoms with Crippen molar-refractivity contribution in [3.05, 3.63) is 95.8 Å². The van der Waals surface area contributed by atoms with Crippen LogP contribution in [0.5, 0.6) is 5.75 Å². The van der Waals surface area contributed by atoms with Crippen LogP contribution in [0.1, 0.15) is 22.3 Å². The number of aryl methyl sites for hydroxylation is 1. The van der Waals surface area contributed by atoms with Gasteiger partial charge in [-0.2, -0.15) is 5.26 Å². The summed E-state index contributed by atoms with van der Waals surface area (Å²) in [6, 6.07) is 19.2. The number of benzene rings is 3. The number of rotatable bonds is 6. The highest BCUT2D eigenvalue weighted by atomic mass is 79.9. The minimum absolute atomic E-state index is 0.00763. The highest BCUT2D eigenvalue weighted by Crippen LogP contribution is 2.36. The van der Waals surface area contributed by atoms with Crippen LogP contribution in [0.4, 0.5) is 5.69 Å². The number of nitrogens with zero attached hydrogens (tertiary/aromatic N) is 1. The fourth-order valence-corrected chi connectivity index (χ4v) is 4.64. The summed E-state index contributed by atoms with van der Waals surface area (Å²) < 4.78 is 8.39. The number of nitrogens with one attached hydrogen (secondary N) is 1. The van der Waals surface area contributed by atoms with E-state index in [1.54, 1.807) is 6.08 Å². The summed E-state index contributed by atoms with van der Waals surface area (Å²) in [5, 5.41) is 12.4. The molecule has 0 aliphatic carbocycles. The number of carbonyl (C=O) groups is 1. The topological polar surface area (TPSA) is 62.1 Å². The van der Waals surface area contributed by atoms with Crippen LogP contribution in [0.25, 0.3) is 6.08 Å². The fraction of sp³-hybridized carbons (Fsp3) is 0.120. The third-order valence-electron chi connectivity index (χ3n) is 4.85. The van der Waals surface area contributed by atoms with Crippen LogP contribution in [-0.4, -0.2) is 5.91 Å². The molecular formula is C25H19Br3N2O2. The van der Waals surface area contributed by atoms with E-state index in [4.69, 9.17) is 4.74 Å². The van der Waals surface area contributed by atoms with Crippen LogP contribution in [0.15, 0.2) is 73.6 Å². The average molecular weight is 619 g/mol. The minimum atomic E-state index is -0.455. The monoisotopic (exact) mass is 616 g/mol. The predicted molar refractivity (Wildman–Crippen MR) is 138 cm³/mol. The second-order valence-electron chi connectivity index (χ2n) is 7.10. The summed E-state index contributed by atoms with van der Waals surface area (Å²) >= 11 is 10.5. The number of amides is 1. The highest BCUT2D eigenvalue weighted by Gasteiger charge is 2.14. The van der Waals surface area contributed by atoms with Crippen molar-refractivity contribution in [1.29, 1.82) is 5.26 Å². The normalized spacial score (nSPS) is 11.1. The molecule has 0 aromatic heterocycles. The summed E-state index contributed by atoms with van der Waals surface area (Å²) in [5.41, 5.74) is 4.45. The maximum Gasteiger partial charge on any atom is 0.266 e. The lowest BCUT2D eigenvalue weighted by molar-refractivity contribution is -0.112. The highest BCUT2D eigenvalue weighted by molar-refractivity contribution is 9.11. The van der Waals surface area contributed by atoms with Gasteiger partial charge in [-0.3, -0.25) is 4.79 Å². The Balaban J connectivity index is 1.78. The molecule has 0 unspecified atom stereocenters. The Morgan fingerprint density at radius 1 is 1.06 bits per heavy atom. The lowest BCUT2D eigenvalue weighted by atomic mass is 10.1. The maximum atomic E-state index is 12.7. The van der Waals surface area contributed by atoms with Crippen molar-refractivity contribution in [3.63, 3.8) is 0 Å². The van der Waals surface area contributed by atoms with Gasteiger partial charge in [-0.1, -0.05) is 40.2 Å². The molecule has 0 fully saturated rings. The van der Waals surface area contributed by atoms with Gasteiger partial charge in [-0.25, -0.2) is 0 Å². The largest absolute Gasteiger partial charge is 0.487 e. The first-order valence-electron chi connectivity index (χ1n) is 9.64. The molecule has 0 atom stereocenters. The first-order chi connectivity index (χ1) is 15.3. The van der Waals surface area contributed by atoms with Gasteiger partial charge in [0.25, 0.3) is 5.91 Å². The molecule has 0 radical (unpaired) electrons. The van der Waals surface area contributed by atoms with E-state index in [1.165, 1.54) is 0 Å². The van der Waals surface area contributed by atoms with Gasteiger partial charge in [0.05, 0.1) is 8.95 Å². The van der Waals surface area contributed by atoms with Crippen LogP contribution in [0.2, 0.25) is 0 Å². The molecule has 3 rings (SSSR count). The number of anilines is 1. The molecular weight excluding hydrogens is 600 g/mol. The van der Waals surface area contributed by atoms with Gasteiger partial charge in [0.15, 0.2) is 0 Å². The van der Waals surface area contributed by atoms with E-state index in [2.05, 4.69) is 53.1 Å². The lowest BCUT2D eigenvalue weighted by Gasteiger charge is -2.12. The second-order valence-corrected chi connectivity index (χ2v) is 9.72. The summed E-state index contributed by atoms with van der Waals surface area (Å²) in [6.45, 7) is 4.31. The van der Waals surface area contributed by atoms with Gasteiger partial charge in [0.1, 0.15) is 24.0 Å². The Labute approximate surface area is 212 Å². The zero-order valence-electron chi connectivity index (χ0n) is 17.4. The van der Waals surface area contributed by atoms with E-state index in [0.717, 1.165) is 21.2 Å². The minimum Gasteiger partial charge on any atom is -0.487 e. The van der Waals surface area contributed by atoms with Crippen LogP contribution in [0.3, 0.4) is 0 Å². The third kappa shape index (κ3) is 6.10. The first kappa shape index (κ1) is 24.2. The molecule has 1 amide bonds. The number of halogens is 3. The zero-order valence-corrected chi connectivity index (χ0v) is 22.1. The van der Waals surface area contributed by atoms with Crippen LogP contribution >= 0.6 is 47.8 Å². The molecule has 0 spiro atoms. The molecule has 0 saturated carbocycles. The van der Waals surface area contributed by atoms with Crippen molar-refractivity contribution in [2.24, 2.45) is 0 Å². The molecule has 7 heteroatoms. The van der Waals surface area contributed by atoms with E-state index >= 15 is 0 Å². The average Bonchev–Trinajstić information content (AvgIpc) is 2.76. The molecule has 32 heavy (non-hydrogen) atoms. The van der Waals surface area contributed by atoms with Crippen molar-refractivity contribution in [2.45, 2.75) is 20.5 Å². The van der Waals surface area contributed by atoms with E-state index < -0.39 is 5.91 Å². The number of ether oxygens (including phenoxy) is 1. The number of hydrogen-bond acceptors (Lipinski definition) is 3. The van der Waals surface area contributed by atoms with Gasteiger partial charge >= 0.3 is 0 Å². The van der Waals surface area contributed by atoms with Crippen molar-refractivity contribution >= 4 is 65.5 Å². The number of hydrogen-bond donors (Lipinski definition) is 1. The summed E-state index contributed by atoms with van der Waals surface area (Å²) in [4.78, 5) is 12.7. The fourth-order valence-electron chi connectivity index (χ4n) is 2.93. The SMILES string of the molecule is Cc1cccc(NC(=O)/C(C#N)=C/c2cc(Br)c(OCc3ccc(Br)cc3)c(Br)c2)c1C. The number of carbonyl (C=O) groups excluding carboxylic acids is 1. The molecule has 0 saturated heterocycles. The third-order valence-corrected chi connectivity index (χ3v) is 6.55. The van der Waals surface area contributed by atoms with Gasteiger partial charge in [0, 0.05) is 10.2 Å². The van der Waals surface area contributed by atoms with Gasteiger partial charge in [-0.15, -0.1) is 0 Å². The molecule has 3 aromatic rings. The first-order valence-corrected chi connectivity index (χ1v) is 12.0. The molecule has 3 aromatic carbocycles. The zero-order chi connectivity index (χ0) is 23.3. The summed E-state index contributed by atoms with van der Waals surface area (Å²) in [5.74, 6) is 0.187. The second kappa shape index (κ2) is 11.0. The van der Waals surface area contributed by atoms with Gasteiger partial charge in [0.2, 0.25) is 0 Å². The Hall–Kier alpha value is -2.40. The van der Waals surface area contributed by atoms with Crippen LogP contribution in [0, 0.1) is 25.2 Å². The number of nitriles is 1. The predicted octanol–water partition coefficient (Wildman–Crippen LogP) is 7.72. The smallest absolute Gasteiger partial charge is 0.266 e. The Morgan fingerprint density at radius 3 is 2.34 bits per heavy atom. The van der Waals surface area contributed by atoms with E-state index in [9.17, 15) is 10.1 Å². The Morgan fingerprint density at radius 2 is 1.72 bits per heavy atom. The molecule has 162 valence electrons. The van der Waals surface area contributed by atoms with Gasteiger partial charge in [-0.05, 0) is 104 Å². The van der Waals surface area contributed by atoms with Gasteiger partial charge < -0.3 is 10.1 Å². The standard InChI is InChI=1S/C25H19Br3N2O2/c1-15-4-3-5-23(16(15)2)30-25(31)19(13-29)10-18-11-21(27)24(22(28)12-18)32-14-17-6-8-20(26)9-7-17/h3-12H,14H2,1-2H3,(H,30,31)/b19-10+. The van der Waals surface area contributed by atoms with Crippen molar-refractivity contribution < 1.29 is 9.53 Å². The van der Waals surface area contributed by atoms with Crippen LogP contribution < -0.4 is 10.1 Å². The molecule has 1 N–H and O–H groups in total. The van der Waals surface area contributed by atoms with E-state index in [1.807, 2.05) is 74.5 Å².